The molecule has 0 bridgehead atoms. The Hall–Kier alpha value is -3.25. The Morgan fingerprint density at radius 3 is 2.31 bits per heavy atom. The van der Waals surface area contributed by atoms with Gasteiger partial charge in [0.05, 0.1) is 11.6 Å². The molecule has 4 rings (SSSR count). The van der Waals surface area contributed by atoms with Gasteiger partial charge in [0.2, 0.25) is 0 Å². The highest BCUT2D eigenvalue weighted by molar-refractivity contribution is 9.10. The number of benzene rings is 2. The van der Waals surface area contributed by atoms with Crippen LogP contribution in [0.25, 0.3) is 5.76 Å². The van der Waals surface area contributed by atoms with Gasteiger partial charge >= 0.3 is 5.91 Å². The normalized spacial score (nSPS) is 18.3. The molecule has 2 heterocycles. The molecule has 0 spiro atoms. The van der Waals surface area contributed by atoms with Gasteiger partial charge in [-0.3, -0.25) is 14.5 Å². The van der Waals surface area contributed by atoms with Gasteiger partial charge in [-0.2, -0.15) is 0 Å². The SMILES string of the molecule is Cc1cccc(N2C(=O)C(=O)C(=C(O)c3ccccc3)[C@H]2c2ccc(Br)cc2)n1. The summed E-state index contributed by atoms with van der Waals surface area (Å²) in [7, 11) is 0. The minimum absolute atomic E-state index is 0.0480. The number of carbonyl (C=O) groups is 2. The molecule has 2 aromatic carbocycles. The van der Waals surface area contributed by atoms with Crippen LogP contribution in [-0.4, -0.2) is 21.8 Å². The van der Waals surface area contributed by atoms with Crippen molar-refractivity contribution in [3.8, 4) is 0 Å². The average molecular weight is 449 g/mol. The predicted octanol–water partition coefficient (Wildman–Crippen LogP) is 4.78. The molecule has 1 aliphatic heterocycles. The number of Topliss-reactive ketones (excluding diaryl/α,β-unsaturated/α-hetero) is 1. The fourth-order valence-corrected chi connectivity index (χ4v) is 3.71. The molecule has 144 valence electrons. The number of aliphatic hydroxyl groups is 1. The van der Waals surface area contributed by atoms with Crippen LogP contribution in [0, 0.1) is 6.92 Å². The second-order valence-corrected chi connectivity index (χ2v) is 7.64. The van der Waals surface area contributed by atoms with E-state index in [4.69, 9.17) is 0 Å². The lowest BCUT2D eigenvalue weighted by Crippen LogP contribution is -2.30. The zero-order chi connectivity index (χ0) is 20.5. The van der Waals surface area contributed by atoms with Gasteiger partial charge in [-0.1, -0.05) is 64.5 Å². The van der Waals surface area contributed by atoms with Crippen molar-refractivity contribution in [2.24, 2.45) is 0 Å². The molecule has 0 radical (unpaired) electrons. The second-order valence-electron chi connectivity index (χ2n) is 6.72. The highest BCUT2D eigenvalue weighted by atomic mass is 79.9. The predicted molar refractivity (Wildman–Crippen MR) is 114 cm³/mol. The molecule has 29 heavy (non-hydrogen) atoms. The summed E-state index contributed by atoms with van der Waals surface area (Å²) < 4.78 is 0.870. The number of rotatable bonds is 3. The first kappa shape index (κ1) is 19.1. The van der Waals surface area contributed by atoms with Gasteiger partial charge in [0, 0.05) is 15.7 Å². The van der Waals surface area contributed by atoms with Gasteiger partial charge in [-0.25, -0.2) is 4.98 Å². The van der Waals surface area contributed by atoms with Gasteiger partial charge in [0.1, 0.15) is 11.6 Å². The number of carbonyl (C=O) groups excluding carboxylic acids is 2. The zero-order valence-corrected chi connectivity index (χ0v) is 17.1. The number of anilines is 1. The molecule has 1 saturated heterocycles. The topological polar surface area (TPSA) is 70.5 Å². The number of amides is 1. The van der Waals surface area contributed by atoms with Crippen LogP contribution < -0.4 is 4.90 Å². The van der Waals surface area contributed by atoms with Gasteiger partial charge in [-0.05, 0) is 36.8 Å². The van der Waals surface area contributed by atoms with Crippen LogP contribution in [0.2, 0.25) is 0 Å². The molecule has 5 nitrogen and oxygen atoms in total. The van der Waals surface area contributed by atoms with Crippen LogP contribution in [0.5, 0.6) is 0 Å². The third-order valence-corrected chi connectivity index (χ3v) is 5.33. The van der Waals surface area contributed by atoms with Crippen molar-refractivity contribution < 1.29 is 14.7 Å². The molecule has 1 atom stereocenters. The Morgan fingerprint density at radius 1 is 0.966 bits per heavy atom. The quantitative estimate of drug-likeness (QED) is 0.355. The van der Waals surface area contributed by atoms with Crippen molar-refractivity contribution >= 4 is 39.2 Å². The van der Waals surface area contributed by atoms with Crippen LogP contribution >= 0.6 is 15.9 Å². The number of ketones is 1. The Morgan fingerprint density at radius 2 is 1.66 bits per heavy atom. The Bertz CT molecular complexity index is 1120. The lowest BCUT2D eigenvalue weighted by molar-refractivity contribution is -0.132. The first-order valence-corrected chi connectivity index (χ1v) is 9.82. The maximum atomic E-state index is 13.0. The fraction of sp³-hybridized carbons (Fsp3) is 0.0870. The molecule has 1 aliphatic rings. The van der Waals surface area contributed by atoms with E-state index in [0.29, 0.717) is 16.9 Å². The lowest BCUT2D eigenvalue weighted by Gasteiger charge is -2.24. The molecule has 0 saturated carbocycles. The van der Waals surface area contributed by atoms with E-state index in [-0.39, 0.29) is 11.3 Å². The third-order valence-electron chi connectivity index (χ3n) is 4.80. The highest BCUT2D eigenvalue weighted by Crippen LogP contribution is 2.41. The summed E-state index contributed by atoms with van der Waals surface area (Å²) in [5, 5.41) is 11.0. The molecule has 0 aliphatic carbocycles. The van der Waals surface area contributed by atoms with Gasteiger partial charge in [-0.15, -0.1) is 0 Å². The number of aliphatic hydroxyl groups excluding tert-OH is 1. The molecular weight excluding hydrogens is 432 g/mol. The molecule has 6 heteroatoms. The maximum absolute atomic E-state index is 13.0. The van der Waals surface area contributed by atoms with Crippen molar-refractivity contribution in [2.45, 2.75) is 13.0 Å². The minimum atomic E-state index is -0.780. The molecule has 1 aromatic heterocycles. The summed E-state index contributed by atoms with van der Waals surface area (Å²) in [5.74, 6) is -1.28. The summed E-state index contributed by atoms with van der Waals surface area (Å²) in [6.07, 6.45) is 0. The number of halogens is 1. The number of hydrogen-bond acceptors (Lipinski definition) is 4. The molecule has 0 unspecified atom stereocenters. The van der Waals surface area contributed by atoms with E-state index in [1.165, 1.54) is 4.90 Å². The van der Waals surface area contributed by atoms with E-state index in [1.807, 2.05) is 43.3 Å². The second kappa shape index (κ2) is 7.64. The van der Waals surface area contributed by atoms with E-state index in [2.05, 4.69) is 20.9 Å². The Balaban J connectivity index is 1.96. The summed E-state index contributed by atoms with van der Waals surface area (Å²) >= 11 is 3.41. The number of aryl methyl sites for hydroxylation is 1. The van der Waals surface area contributed by atoms with Crippen molar-refractivity contribution in [1.29, 1.82) is 0 Å². The van der Waals surface area contributed by atoms with Crippen LogP contribution in [-0.2, 0) is 9.59 Å². The van der Waals surface area contributed by atoms with Gasteiger partial charge in [0.25, 0.3) is 5.78 Å². The zero-order valence-electron chi connectivity index (χ0n) is 15.5. The molecule has 3 aromatic rings. The van der Waals surface area contributed by atoms with Crippen molar-refractivity contribution in [1.82, 2.24) is 4.98 Å². The van der Waals surface area contributed by atoms with Crippen LogP contribution in [0.4, 0.5) is 5.82 Å². The number of hydrogen-bond donors (Lipinski definition) is 1. The number of aromatic nitrogens is 1. The average Bonchev–Trinajstić information content (AvgIpc) is 2.99. The Labute approximate surface area is 176 Å². The lowest BCUT2D eigenvalue weighted by atomic mass is 9.95. The van der Waals surface area contributed by atoms with E-state index in [9.17, 15) is 14.7 Å². The summed E-state index contributed by atoms with van der Waals surface area (Å²) in [5.41, 5.74) is 1.95. The van der Waals surface area contributed by atoms with Crippen molar-refractivity contribution in [3.05, 3.63) is 99.7 Å². The summed E-state index contributed by atoms with van der Waals surface area (Å²) in [6.45, 7) is 1.82. The maximum Gasteiger partial charge on any atom is 0.301 e. The monoisotopic (exact) mass is 448 g/mol. The van der Waals surface area contributed by atoms with E-state index in [1.54, 1.807) is 36.4 Å². The molecular formula is C23H17BrN2O3. The molecule has 1 amide bonds. The fourth-order valence-electron chi connectivity index (χ4n) is 3.44. The van der Waals surface area contributed by atoms with Crippen molar-refractivity contribution in [2.75, 3.05) is 4.90 Å². The van der Waals surface area contributed by atoms with Crippen LogP contribution in [0.3, 0.4) is 0 Å². The molecule has 1 fully saturated rings. The third kappa shape index (κ3) is 3.47. The largest absolute Gasteiger partial charge is 0.507 e. The number of nitrogens with zero attached hydrogens (tertiary/aromatic N) is 2. The first-order chi connectivity index (χ1) is 14.0. The summed E-state index contributed by atoms with van der Waals surface area (Å²) in [4.78, 5) is 31.8. The number of pyridine rings is 1. The molecule has 1 N–H and O–H groups in total. The van der Waals surface area contributed by atoms with E-state index in [0.717, 1.165) is 10.2 Å². The van der Waals surface area contributed by atoms with E-state index >= 15 is 0 Å². The van der Waals surface area contributed by atoms with Crippen molar-refractivity contribution in [3.63, 3.8) is 0 Å². The Kier molecular flexibility index (Phi) is 5.03. The first-order valence-electron chi connectivity index (χ1n) is 9.03. The van der Waals surface area contributed by atoms with Gasteiger partial charge < -0.3 is 5.11 Å². The minimum Gasteiger partial charge on any atom is -0.507 e. The van der Waals surface area contributed by atoms with E-state index < -0.39 is 17.7 Å². The van der Waals surface area contributed by atoms with Gasteiger partial charge in [0.15, 0.2) is 0 Å². The standard InChI is InChI=1S/C23H17BrN2O3/c1-14-6-5-9-18(25-14)26-20(15-10-12-17(24)13-11-15)19(22(28)23(26)29)21(27)16-7-3-2-4-8-16/h2-13,20,27H,1H3/t20-/m1/s1. The highest BCUT2D eigenvalue weighted by Gasteiger charge is 2.47. The smallest absolute Gasteiger partial charge is 0.301 e. The van der Waals surface area contributed by atoms with Crippen LogP contribution in [0.15, 0.2) is 82.8 Å². The van der Waals surface area contributed by atoms with Crippen LogP contribution in [0.1, 0.15) is 22.9 Å². The summed E-state index contributed by atoms with van der Waals surface area (Å²) in [6, 6.07) is 20.6.